The second-order valence-electron chi connectivity index (χ2n) is 4.57. The summed E-state index contributed by atoms with van der Waals surface area (Å²) in [6.07, 6.45) is 5.58. The third-order valence-corrected chi connectivity index (χ3v) is 3.81. The van der Waals surface area contributed by atoms with Crippen LogP contribution >= 0.6 is 11.6 Å². The number of hydrogen-bond donors (Lipinski definition) is 0. The van der Waals surface area contributed by atoms with Gasteiger partial charge >= 0.3 is 0 Å². The zero-order chi connectivity index (χ0) is 11.7. The minimum Gasteiger partial charge on any atom is -0.294 e. The molecule has 1 fully saturated rings. The van der Waals surface area contributed by atoms with Gasteiger partial charge in [-0.25, -0.2) is 0 Å². The van der Waals surface area contributed by atoms with Crippen molar-refractivity contribution in [3.63, 3.8) is 0 Å². The minimum absolute atomic E-state index is 0.161. The molecular weight excluding hydrogens is 224 g/mol. The smallest absolute Gasteiger partial charge is 0.170 e. The first-order valence-corrected chi connectivity index (χ1v) is 6.22. The Morgan fingerprint density at radius 2 is 2.00 bits per heavy atom. The maximum Gasteiger partial charge on any atom is 0.170 e. The molecular formula is C12H17ClN2O. The molecule has 0 aromatic carbocycles. The summed E-state index contributed by atoms with van der Waals surface area (Å²) in [5.74, 6) is 0.351. The van der Waals surface area contributed by atoms with Crippen molar-refractivity contribution in [1.29, 1.82) is 0 Å². The standard InChI is InChI=1S/C12H17ClN2O/c1-8-10(12(13)15(2)14-8)11(16)9-6-4-3-5-7-9/h9H,3-7H2,1-2H3. The molecule has 3 nitrogen and oxygen atoms in total. The van der Waals surface area contributed by atoms with Crippen molar-refractivity contribution in [3.8, 4) is 0 Å². The molecule has 1 aromatic heterocycles. The monoisotopic (exact) mass is 240 g/mol. The quantitative estimate of drug-likeness (QED) is 0.745. The number of halogens is 1. The second-order valence-corrected chi connectivity index (χ2v) is 4.93. The van der Waals surface area contributed by atoms with E-state index in [0.29, 0.717) is 10.7 Å². The third-order valence-electron chi connectivity index (χ3n) is 3.37. The van der Waals surface area contributed by atoms with Gasteiger partial charge in [-0.05, 0) is 19.8 Å². The average Bonchev–Trinajstić information content (AvgIpc) is 2.54. The van der Waals surface area contributed by atoms with E-state index < -0.39 is 0 Å². The summed E-state index contributed by atoms with van der Waals surface area (Å²) in [6, 6.07) is 0. The molecule has 0 unspecified atom stereocenters. The zero-order valence-corrected chi connectivity index (χ0v) is 10.5. The Morgan fingerprint density at radius 1 is 1.38 bits per heavy atom. The van der Waals surface area contributed by atoms with Crippen LogP contribution in [0.3, 0.4) is 0 Å². The predicted molar refractivity (Wildman–Crippen MR) is 63.9 cm³/mol. The summed E-state index contributed by atoms with van der Waals surface area (Å²) in [7, 11) is 1.77. The van der Waals surface area contributed by atoms with Gasteiger partial charge in [0.05, 0.1) is 11.3 Å². The molecule has 0 aliphatic heterocycles. The van der Waals surface area contributed by atoms with Crippen LogP contribution in [-0.2, 0) is 7.05 Å². The van der Waals surface area contributed by atoms with Gasteiger partial charge in [0.2, 0.25) is 0 Å². The van der Waals surface area contributed by atoms with Crippen LogP contribution in [0.1, 0.15) is 48.2 Å². The summed E-state index contributed by atoms with van der Waals surface area (Å²) < 4.78 is 1.58. The molecule has 0 N–H and O–H groups in total. The average molecular weight is 241 g/mol. The summed E-state index contributed by atoms with van der Waals surface area (Å²) in [5.41, 5.74) is 1.39. The number of ketones is 1. The van der Waals surface area contributed by atoms with Gasteiger partial charge in [0.1, 0.15) is 5.15 Å². The Morgan fingerprint density at radius 3 is 2.50 bits per heavy atom. The van der Waals surface area contributed by atoms with E-state index in [1.165, 1.54) is 6.42 Å². The number of carbonyl (C=O) groups is 1. The van der Waals surface area contributed by atoms with Crippen LogP contribution in [0.4, 0.5) is 0 Å². The molecule has 0 saturated heterocycles. The van der Waals surface area contributed by atoms with Gasteiger partial charge in [-0.1, -0.05) is 30.9 Å². The van der Waals surface area contributed by atoms with Crippen LogP contribution in [0.25, 0.3) is 0 Å². The Bertz CT molecular complexity index is 405. The highest BCUT2D eigenvalue weighted by Gasteiger charge is 2.27. The lowest BCUT2D eigenvalue weighted by Crippen LogP contribution is -2.18. The lowest BCUT2D eigenvalue weighted by molar-refractivity contribution is 0.0889. The molecule has 1 aliphatic rings. The first-order chi connectivity index (χ1) is 7.61. The molecule has 2 rings (SSSR count). The predicted octanol–water partition coefficient (Wildman–Crippen LogP) is 3.14. The molecule has 1 heterocycles. The molecule has 0 radical (unpaired) electrons. The van der Waals surface area contributed by atoms with Gasteiger partial charge in [0.25, 0.3) is 0 Å². The van der Waals surface area contributed by atoms with Crippen LogP contribution in [0.2, 0.25) is 5.15 Å². The Labute approximate surface area is 101 Å². The van der Waals surface area contributed by atoms with Gasteiger partial charge in [-0.15, -0.1) is 0 Å². The van der Waals surface area contributed by atoms with Gasteiger partial charge in [-0.2, -0.15) is 5.10 Å². The Kier molecular flexibility index (Phi) is 3.33. The number of nitrogens with zero attached hydrogens (tertiary/aromatic N) is 2. The van der Waals surface area contributed by atoms with E-state index in [4.69, 9.17) is 11.6 Å². The van der Waals surface area contributed by atoms with E-state index in [0.717, 1.165) is 31.4 Å². The van der Waals surface area contributed by atoms with Gasteiger partial charge < -0.3 is 0 Å². The van der Waals surface area contributed by atoms with Crippen molar-refractivity contribution in [2.24, 2.45) is 13.0 Å². The Balaban J connectivity index is 2.25. The SMILES string of the molecule is Cc1nn(C)c(Cl)c1C(=O)C1CCCCC1. The molecule has 1 aromatic rings. The van der Waals surface area contributed by atoms with Crippen LogP contribution in [0, 0.1) is 12.8 Å². The zero-order valence-electron chi connectivity index (χ0n) is 9.79. The highest BCUT2D eigenvalue weighted by molar-refractivity contribution is 6.33. The third kappa shape index (κ3) is 2.01. The topological polar surface area (TPSA) is 34.9 Å². The number of aryl methyl sites for hydroxylation is 2. The largest absolute Gasteiger partial charge is 0.294 e. The fraction of sp³-hybridized carbons (Fsp3) is 0.667. The van der Waals surface area contributed by atoms with Crippen LogP contribution < -0.4 is 0 Å². The lowest BCUT2D eigenvalue weighted by Gasteiger charge is -2.20. The Hall–Kier alpha value is -0.830. The maximum absolute atomic E-state index is 12.3. The first-order valence-electron chi connectivity index (χ1n) is 5.84. The fourth-order valence-corrected chi connectivity index (χ4v) is 2.75. The summed E-state index contributed by atoms with van der Waals surface area (Å²) in [5, 5.41) is 4.67. The van der Waals surface area contributed by atoms with Gasteiger partial charge in [-0.3, -0.25) is 9.48 Å². The maximum atomic E-state index is 12.3. The summed E-state index contributed by atoms with van der Waals surface area (Å²) in [6.45, 7) is 1.85. The van der Waals surface area contributed by atoms with Crippen LogP contribution in [-0.4, -0.2) is 15.6 Å². The van der Waals surface area contributed by atoms with E-state index in [9.17, 15) is 4.79 Å². The van der Waals surface area contributed by atoms with Crippen LogP contribution in [0.5, 0.6) is 0 Å². The molecule has 0 atom stereocenters. The summed E-state index contributed by atoms with van der Waals surface area (Å²) >= 11 is 6.11. The number of rotatable bonds is 2. The number of aromatic nitrogens is 2. The van der Waals surface area contributed by atoms with E-state index in [-0.39, 0.29) is 11.7 Å². The van der Waals surface area contributed by atoms with E-state index in [1.807, 2.05) is 6.92 Å². The van der Waals surface area contributed by atoms with Crippen LogP contribution in [0.15, 0.2) is 0 Å². The number of hydrogen-bond acceptors (Lipinski definition) is 2. The second kappa shape index (κ2) is 4.58. The van der Waals surface area contributed by atoms with E-state index in [2.05, 4.69) is 5.10 Å². The van der Waals surface area contributed by atoms with Crippen molar-refractivity contribution in [2.75, 3.05) is 0 Å². The molecule has 0 amide bonds. The fourth-order valence-electron chi connectivity index (χ4n) is 2.48. The van der Waals surface area contributed by atoms with Gasteiger partial charge in [0.15, 0.2) is 5.78 Å². The molecule has 1 aliphatic carbocycles. The molecule has 4 heteroatoms. The van der Waals surface area contributed by atoms with Crippen molar-refractivity contribution in [2.45, 2.75) is 39.0 Å². The molecule has 88 valence electrons. The molecule has 0 bridgehead atoms. The van der Waals surface area contributed by atoms with Gasteiger partial charge in [0, 0.05) is 13.0 Å². The molecule has 1 saturated carbocycles. The normalized spacial score (nSPS) is 17.7. The van der Waals surface area contributed by atoms with Crippen molar-refractivity contribution in [1.82, 2.24) is 9.78 Å². The number of carbonyl (C=O) groups excluding carboxylic acids is 1. The van der Waals surface area contributed by atoms with E-state index >= 15 is 0 Å². The molecule has 0 spiro atoms. The van der Waals surface area contributed by atoms with Crippen molar-refractivity contribution < 1.29 is 4.79 Å². The first kappa shape index (κ1) is 11.6. The summed E-state index contributed by atoms with van der Waals surface area (Å²) in [4.78, 5) is 12.3. The van der Waals surface area contributed by atoms with Crippen molar-refractivity contribution >= 4 is 17.4 Å². The highest BCUT2D eigenvalue weighted by atomic mass is 35.5. The van der Waals surface area contributed by atoms with E-state index in [1.54, 1.807) is 11.7 Å². The minimum atomic E-state index is 0.161. The van der Waals surface area contributed by atoms with Crippen molar-refractivity contribution in [3.05, 3.63) is 16.4 Å². The molecule has 16 heavy (non-hydrogen) atoms. The number of Topliss-reactive ketones (excluding diaryl/α,β-unsaturated/α-hetero) is 1. The highest BCUT2D eigenvalue weighted by Crippen LogP contribution is 2.30. The lowest BCUT2D eigenvalue weighted by atomic mass is 9.84.